The first-order valence-electron chi connectivity index (χ1n) is 6.70. The SMILES string of the molecule is COc1cccn2c(=O)c(CO)c(Nc3cncc(Br)c3)nc12. The molecule has 0 saturated heterocycles. The largest absolute Gasteiger partial charge is 0.493 e. The molecule has 7 nitrogen and oxygen atoms in total. The van der Waals surface area contributed by atoms with Crippen molar-refractivity contribution in [3.05, 3.63) is 57.2 Å². The predicted octanol–water partition coefficient (Wildman–Crippen LogP) is 2.10. The summed E-state index contributed by atoms with van der Waals surface area (Å²) in [5, 5.41) is 12.6. The first-order chi connectivity index (χ1) is 11.1. The lowest BCUT2D eigenvalue weighted by Gasteiger charge is -2.12. The van der Waals surface area contributed by atoms with Crippen LogP contribution in [0.4, 0.5) is 11.5 Å². The molecule has 0 aliphatic heterocycles. The van der Waals surface area contributed by atoms with Gasteiger partial charge in [-0.15, -0.1) is 0 Å². The van der Waals surface area contributed by atoms with Crippen LogP contribution in [0.3, 0.4) is 0 Å². The number of aromatic nitrogens is 3. The topological polar surface area (TPSA) is 88.8 Å². The summed E-state index contributed by atoms with van der Waals surface area (Å²) in [7, 11) is 1.51. The van der Waals surface area contributed by atoms with E-state index in [2.05, 4.69) is 31.2 Å². The summed E-state index contributed by atoms with van der Waals surface area (Å²) in [4.78, 5) is 21.0. The average Bonchev–Trinajstić information content (AvgIpc) is 2.55. The zero-order chi connectivity index (χ0) is 16.4. The van der Waals surface area contributed by atoms with E-state index in [1.165, 1.54) is 11.5 Å². The number of aliphatic hydroxyl groups excluding tert-OH is 1. The van der Waals surface area contributed by atoms with Gasteiger partial charge in [0, 0.05) is 16.9 Å². The van der Waals surface area contributed by atoms with Gasteiger partial charge in [0.25, 0.3) is 5.56 Å². The summed E-state index contributed by atoms with van der Waals surface area (Å²) in [6.07, 6.45) is 4.82. The van der Waals surface area contributed by atoms with Crippen LogP contribution < -0.4 is 15.6 Å². The first kappa shape index (κ1) is 15.4. The molecule has 0 atom stereocenters. The highest BCUT2D eigenvalue weighted by Crippen LogP contribution is 2.23. The number of aliphatic hydroxyl groups is 1. The molecule has 0 radical (unpaired) electrons. The highest BCUT2D eigenvalue weighted by molar-refractivity contribution is 9.10. The molecule has 3 aromatic heterocycles. The third-order valence-corrected chi connectivity index (χ3v) is 3.69. The van der Waals surface area contributed by atoms with Crippen LogP contribution in [-0.2, 0) is 6.61 Å². The Morgan fingerprint density at radius 1 is 1.43 bits per heavy atom. The highest BCUT2D eigenvalue weighted by atomic mass is 79.9. The van der Waals surface area contributed by atoms with Gasteiger partial charge in [-0.25, -0.2) is 4.98 Å². The van der Waals surface area contributed by atoms with Gasteiger partial charge in [0.1, 0.15) is 5.82 Å². The van der Waals surface area contributed by atoms with E-state index in [0.29, 0.717) is 17.1 Å². The fraction of sp³-hybridized carbons (Fsp3) is 0.133. The van der Waals surface area contributed by atoms with Crippen LogP contribution in [0.5, 0.6) is 5.75 Å². The second-order valence-corrected chi connectivity index (χ2v) is 5.60. The minimum atomic E-state index is -0.435. The molecule has 3 heterocycles. The zero-order valence-corrected chi connectivity index (χ0v) is 13.7. The van der Waals surface area contributed by atoms with Gasteiger partial charge in [-0.2, -0.15) is 0 Å². The molecule has 3 aromatic rings. The Hall–Kier alpha value is -2.45. The van der Waals surface area contributed by atoms with E-state index < -0.39 is 6.61 Å². The van der Waals surface area contributed by atoms with Crippen molar-refractivity contribution in [2.45, 2.75) is 6.61 Å². The molecule has 0 amide bonds. The van der Waals surface area contributed by atoms with Crippen molar-refractivity contribution in [1.82, 2.24) is 14.4 Å². The van der Waals surface area contributed by atoms with Crippen LogP contribution in [0, 0.1) is 0 Å². The average molecular weight is 377 g/mol. The number of nitrogens with one attached hydrogen (secondary N) is 1. The van der Waals surface area contributed by atoms with Gasteiger partial charge in [0.15, 0.2) is 11.4 Å². The lowest BCUT2D eigenvalue weighted by Crippen LogP contribution is -2.22. The molecule has 0 aromatic carbocycles. The third-order valence-electron chi connectivity index (χ3n) is 3.26. The van der Waals surface area contributed by atoms with Gasteiger partial charge in [-0.05, 0) is 34.1 Å². The van der Waals surface area contributed by atoms with E-state index in [9.17, 15) is 9.90 Å². The number of hydrogen-bond donors (Lipinski definition) is 2. The van der Waals surface area contributed by atoms with Gasteiger partial charge < -0.3 is 15.2 Å². The van der Waals surface area contributed by atoms with Gasteiger partial charge in [-0.3, -0.25) is 14.2 Å². The number of rotatable bonds is 4. The molecular weight excluding hydrogens is 364 g/mol. The van der Waals surface area contributed by atoms with E-state index in [4.69, 9.17) is 4.74 Å². The van der Waals surface area contributed by atoms with Crippen LogP contribution in [0.15, 0.2) is 46.1 Å². The number of anilines is 2. The van der Waals surface area contributed by atoms with Crippen molar-refractivity contribution in [1.29, 1.82) is 0 Å². The molecule has 0 fully saturated rings. The number of fused-ring (bicyclic) bond motifs is 1. The summed E-state index contributed by atoms with van der Waals surface area (Å²) in [6, 6.07) is 5.19. The molecule has 0 bridgehead atoms. The minimum Gasteiger partial charge on any atom is -0.493 e. The Morgan fingerprint density at radius 3 is 2.96 bits per heavy atom. The maximum atomic E-state index is 12.5. The van der Waals surface area contributed by atoms with E-state index in [1.807, 2.05) is 0 Å². The Kier molecular flexibility index (Phi) is 4.26. The summed E-state index contributed by atoms with van der Waals surface area (Å²) in [5.41, 5.74) is 0.806. The standard InChI is InChI=1S/C15H13BrN4O3/c1-23-12-3-2-4-20-14(12)19-13(11(8-21)15(20)22)18-10-5-9(16)6-17-7-10/h2-7,18,21H,8H2,1H3. The second kappa shape index (κ2) is 6.35. The molecule has 0 spiro atoms. The quantitative estimate of drug-likeness (QED) is 0.724. The Morgan fingerprint density at radius 2 is 2.26 bits per heavy atom. The number of hydrogen-bond acceptors (Lipinski definition) is 6. The van der Waals surface area contributed by atoms with Crippen LogP contribution in [0.2, 0.25) is 0 Å². The van der Waals surface area contributed by atoms with Crippen LogP contribution in [0.25, 0.3) is 5.65 Å². The van der Waals surface area contributed by atoms with Crippen LogP contribution in [-0.4, -0.2) is 26.6 Å². The molecule has 8 heteroatoms. The second-order valence-electron chi connectivity index (χ2n) is 4.69. The summed E-state index contributed by atoms with van der Waals surface area (Å²) in [5.74, 6) is 0.728. The van der Waals surface area contributed by atoms with Gasteiger partial charge in [0.2, 0.25) is 0 Å². The van der Waals surface area contributed by atoms with Crippen molar-refractivity contribution in [2.24, 2.45) is 0 Å². The molecule has 0 unspecified atom stereocenters. The molecule has 23 heavy (non-hydrogen) atoms. The third kappa shape index (κ3) is 2.90. The van der Waals surface area contributed by atoms with Crippen molar-refractivity contribution in [3.8, 4) is 5.75 Å². The predicted molar refractivity (Wildman–Crippen MR) is 89.2 cm³/mol. The van der Waals surface area contributed by atoms with Crippen molar-refractivity contribution >= 4 is 33.1 Å². The van der Waals surface area contributed by atoms with E-state index in [-0.39, 0.29) is 16.9 Å². The maximum Gasteiger partial charge on any atom is 0.265 e. The normalized spacial score (nSPS) is 10.7. The smallest absolute Gasteiger partial charge is 0.265 e. The molecule has 0 aliphatic rings. The summed E-state index contributed by atoms with van der Waals surface area (Å²) >= 11 is 3.33. The number of nitrogens with zero attached hydrogens (tertiary/aromatic N) is 3. The van der Waals surface area contributed by atoms with E-state index >= 15 is 0 Å². The zero-order valence-electron chi connectivity index (χ0n) is 12.2. The van der Waals surface area contributed by atoms with Crippen LogP contribution in [0.1, 0.15) is 5.56 Å². The lowest BCUT2D eigenvalue weighted by molar-refractivity contribution is 0.280. The molecule has 2 N–H and O–H groups in total. The molecule has 118 valence electrons. The maximum absolute atomic E-state index is 12.5. The Bertz CT molecular complexity index is 926. The lowest BCUT2D eigenvalue weighted by atomic mass is 10.3. The number of halogens is 1. The minimum absolute atomic E-state index is 0.163. The molecule has 0 aliphatic carbocycles. The van der Waals surface area contributed by atoms with Crippen molar-refractivity contribution in [3.63, 3.8) is 0 Å². The summed E-state index contributed by atoms with van der Waals surface area (Å²) in [6.45, 7) is -0.435. The number of ether oxygens (including phenoxy) is 1. The fourth-order valence-electron chi connectivity index (χ4n) is 2.20. The van der Waals surface area contributed by atoms with E-state index in [1.54, 1.807) is 36.8 Å². The van der Waals surface area contributed by atoms with Crippen LogP contribution >= 0.6 is 15.9 Å². The number of methoxy groups -OCH3 is 1. The number of pyridine rings is 2. The molecular formula is C15H13BrN4O3. The highest BCUT2D eigenvalue weighted by Gasteiger charge is 2.15. The van der Waals surface area contributed by atoms with Crippen molar-refractivity contribution < 1.29 is 9.84 Å². The van der Waals surface area contributed by atoms with Gasteiger partial charge in [-0.1, -0.05) is 0 Å². The van der Waals surface area contributed by atoms with Gasteiger partial charge >= 0.3 is 0 Å². The Labute approximate surface area is 139 Å². The first-order valence-corrected chi connectivity index (χ1v) is 7.50. The molecule has 3 rings (SSSR count). The van der Waals surface area contributed by atoms with E-state index in [0.717, 1.165) is 4.47 Å². The molecule has 0 saturated carbocycles. The van der Waals surface area contributed by atoms with Crippen molar-refractivity contribution in [2.75, 3.05) is 12.4 Å². The Balaban J connectivity index is 2.21. The fourth-order valence-corrected chi connectivity index (χ4v) is 2.56. The van der Waals surface area contributed by atoms with Gasteiger partial charge in [0.05, 0.1) is 31.2 Å². The monoisotopic (exact) mass is 376 g/mol. The summed E-state index contributed by atoms with van der Waals surface area (Å²) < 4.78 is 7.37.